The van der Waals surface area contributed by atoms with Crippen molar-refractivity contribution in [1.82, 2.24) is 0 Å². The summed E-state index contributed by atoms with van der Waals surface area (Å²) in [6, 6.07) is 0. The molecule has 248 valence electrons. The normalized spacial score (nSPS) is 36.8. The van der Waals surface area contributed by atoms with Gasteiger partial charge in [-0.2, -0.15) is 0 Å². The van der Waals surface area contributed by atoms with E-state index in [4.69, 9.17) is 9.47 Å². The van der Waals surface area contributed by atoms with Gasteiger partial charge in [0.15, 0.2) is 11.4 Å². The number of ether oxygens (including phenoxy) is 2. The number of hydrogen-bond donors (Lipinski definition) is 3. The molecule has 8 nitrogen and oxygen atoms in total. The summed E-state index contributed by atoms with van der Waals surface area (Å²) in [6.45, 7) is 10.4. The van der Waals surface area contributed by atoms with E-state index in [-0.39, 0.29) is 25.4 Å². The van der Waals surface area contributed by atoms with E-state index in [2.05, 4.69) is 6.92 Å². The van der Waals surface area contributed by atoms with Crippen LogP contribution in [0.3, 0.4) is 0 Å². The molecule has 0 aromatic heterocycles. The average molecular weight is 617 g/mol. The number of carbonyl (C=O) groups is 3. The van der Waals surface area contributed by atoms with Gasteiger partial charge in [0.2, 0.25) is 0 Å². The highest BCUT2D eigenvalue weighted by Crippen LogP contribution is 2.77. The molecule has 0 radical (unpaired) electrons. The number of unbranched alkanes of at least 4 members (excludes halogenated alkanes) is 10. The minimum absolute atomic E-state index is 0.108. The topological polar surface area (TPSA) is 130 Å². The molecular formula is C36H56O8. The molecule has 0 aromatic rings. The second-order valence-corrected chi connectivity index (χ2v) is 14.7. The van der Waals surface area contributed by atoms with Gasteiger partial charge in [-0.3, -0.25) is 14.4 Å². The zero-order valence-corrected chi connectivity index (χ0v) is 27.8. The van der Waals surface area contributed by atoms with Crippen molar-refractivity contribution < 1.29 is 39.2 Å². The lowest BCUT2D eigenvalue weighted by Crippen LogP contribution is -2.66. The molecule has 0 saturated heterocycles. The Morgan fingerprint density at radius 1 is 0.955 bits per heavy atom. The van der Waals surface area contributed by atoms with Gasteiger partial charge in [0, 0.05) is 48.9 Å². The molecule has 0 aromatic carbocycles. The highest BCUT2D eigenvalue weighted by atomic mass is 16.6. The molecule has 2 fully saturated rings. The van der Waals surface area contributed by atoms with Crippen LogP contribution in [0.15, 0.2) is 23.3 Å². The van der Waals surface area contributed by atoms with E-state index in [9.17, 15) is 29.7 Å². The maximum Gasteiger partial charge on any atom is 0.306 e. The zero-order valence-electron chi connectivity index (χ0n) is 27.8. The number of fused-ring (bicyclic) bond motifs is 5. The van der Waals surface area contributed by atoms with E-state index >= 15 is 0 Å². The predicted octanol–water partition coefficient (Wildman–Crippen LogP) is 5.75. The quantitative estimate of drug-likeness (QED) is 0.120. The molecule has 0 spiro atoms. The molecule has 0 amide bonds. The van der Waals surface area contributed by atoms with Crippen molar-refractivity contribution in [3.05, 3.63) is 23.3 Å². The summed E-state index contributed by atoms with van der Waals surface area (Å²) in [4.78, 5) is 39.1. The molecule has 4 rings (SSSR count). The number of carbonyl (C=O) groups excluding carboxylic acids is 3. The van der Waals surface area contributed by atoms with Crippen LogP contribution >= 0.6 is 0 Å². The number of aliphatic hydroxyl groups excluding tert-OH is 1. The molecular weight excluding hydrogens is 560 g/mol. The molecule has 0 heterocycles. The van der Waals surface area contributed by atoms with E-state index in [1.165, 1.54) is 51.9 Å². The highest BCUT2D eigenvalue weighted by molar-refractivity contribution is 6.04. The summed E-state index contributed by atoms with van der Waals surface area (Å²) < 4.78 is 12.3. The molecule has 44 heavy (non-hydrogen) atoms. The maximum absolute atomic E-state index is 13.4. The summed E-state index contributed by atoms with van der Waals surface area (Å²) in [7, 11) is 0. The first kappa shape index (κ1) is 34.8. The predicted molar refractivity (Wildman–Crippen MR) is 167 cm³/mol. The Labute approximate surface area is 263 Å². The average Bonchev–Trinajstić information content (AvgIpc) is 3.39. The van der Waals surface area contributed by atoms with Crippen LogP contribution in [0, 0.1) is 29.1 Å². The van der Waals surface area contributed by atoms with Crippen LogP contribution in [-0.4, -0.2) is 62.6 Å². The van der Waals surface area contributed by atoms with Gasteiger partial charge in [-0.1, -0.05) is 104 Å². The van der Waals surface area contributed by atoms with Crippen LogP contribution in [0.2, 0.25) is 0 Å². The van der Waals surface area contributed by atoms with Crippen molar-refractivity contribution in [2.75, 3.05) is 6.61 Å². The maximum atomic E-state index is 13.4. The van der Waals surface area contributed by atoms with E-state index in [1.807, 2.05) is 13.8 Å². The Morgan fingerprint density at radius 3 is 2.07 bits per heavy atom. The Morgan fingerprint density at radius 2 is 1.52 bits per heavy atom. The Bertz CT molecular complexity index is 1150. The van der Waals surface area contributed by atoms with Gasteiger partial charge in [-0.05, 0) is 24.5 Å². The van der Waals surface area contributed by atoms with Crippen LogP contribution in [-0.2, 0) is 23.9 Å². The summed E-state index contributed by atoms with van der Waals surface area (Å²) in [5.74, 6) is -4.30. The van der Waals surface area contributed by atoms with Crippen molar-refractivity contribution >= 4 is 17.7 Å². The van der Waals surface area contributed by atoms with Gasteiger partial charge in [-0.15, -0.1) is 0 Å². The molecule has 0 aliphatic heterocycles. The lowest BCUT2D eigenvalue weighted by atomic mass is 9.59. The number of hydrogen-bond acceptors (Lipinski definition) is 8. The van der Waals surface area contributed by atoms with Gasteiger partial charge in [-0.25, -0.2) is 0 Å². The van der Waals surface area contributed by atoms with Crippen LogP contribution in [0.5, 0.6) is 0 Å². The first-order valence-corrected chi connectivity index (χ1v) is 17.1. The van der Waals surface area contributed by atoms with Gasteiger partial charge >= 0.3 is 11.9 Å². The second kappa shape index (κ2) is 13.4. The van der Waals surface area contributed by atoms with Gasteiger partial charge in [0.25, 0.3) is 0 Å². The number of ketones is 1. The lowest BCUT2D eigenvalue weighted by molar-refractivity contribution is -0.228. The van der Waals surface area contributed by atoms with Crippen molar-refractivity contribution in [1.29, 1.82) is 0 Å². The molecule has 4 aliphatic rings. The van der Waals surface area contributed by atoms with Crippen molar-refractivity contribution in [2.24, 2.45) is 29.1 Å². The largest absolute Gasteiger partial charge is 0.458 e. The fourth-order valence-electron chi connectivity index (χ4n) is 9.18. The molecule has 0 unspecified atom stereocenters. The monoisotopic (exact) mass is 616 g/mol. The zero-order chi connectivity index (χ0) is 32.5. The van der Waals surface area contributed by atoms with E-state index < -0.39 is 63.7 Å². The third-order valence-electron chi connectivity index (χ3n) is 11.5. The highest BCUT2D eigenvalue weighted by Gasteiger charge is 2.87. The van der Waals surface area contributed by atoms with E-state index in [0.717, 1.165) is 19.3 Å². The van der Waals surface area contributed by atoms with Crippen LogP contribution in [0.1, 0.15) is 125 Å². The molecule has 2 saturated carbocycles. The molecule has 4 aliphatic carbocycles. The smallest absolute Gasteiger partial charge is 0.306 e. The molecule has 8 atom stereocenters. The van der Waals surface area contributed by atoms with Crippen molar-refractivity contribution in [3.63, 3.8) is 0 Å². The lowest BCUT2D eigenvalue weighted by Gasteiger charge is -2.53. The minimum Gasteiger partial charge on any atom is -0.458 e. The Balaban J connectivity index is 1.50. The number of rotatable bonds is 15. The first-order valence-electron chi connectivity index (χ1n) is 17.1. The third-order valence-corrected chi connectivity index (χ3v) is 11.5. The van der Waals surface area contributed by atoms with E-state index in [0.29, 0.717) is 17.6 Å². The van der Waals surface area contributed by atoms with Gasteiger partial charge in [0.1, 0.15) is 11.7 Å². The second-order valence-electron chi connectivity index (χ2n) is 14.7. The third kappa shape index (κ3) is 5.84. The number of esters is 2. The Kier molecular flexibility index (Phi) is 10.6. The minimum atomic E-state index is -1.93. The standard InChI is InChI=1S/C36H56O8/c1-7-8-9-10-11-12-13-14-15-16-17-18-29(39)44-36-30(33(36,5)6)27-20-26(22-37)21-34(41)28(19-23(2)31(34)40)35(27,42)24(3)32(36)43-25(4)38/h19-20,24,27-28,30,32,37,41-42H,7-18,21-22H2,1-6H3/t24-,27+,28-,30-,32-,34+,35-,36-/m1/s1. The summed E-state index contributed by atoms with van der Waals surface area (Å²) in [6.07, 6.45) is 15.5. The number of Topliss-reactive ketones (excluding diaryl/α,β-unsaturated/α-hetero) is 1. The van der Waals surface area contributed by atoms with Crippen molar-refractivity contribution in [2.45, 2.75) is 148 Å². The summed E-state index contributed by atoms with van der Waals surface area (Å²) in [5, 5.41) is 34.7. The first-order chi connectivity index (χ1) is 20.7. The molecule has 3 N–H and O–H groups in total. The summed E-state index contributed by atoms with van der Waals surface area (Å²) >= 11 is 0. The van der Waals surface area contributed by atoms with Crippen LogP contribution < -0.4 is 0 Å². The van der Waals surface area contributed by atoms with Crippen LogP contribution in [0.4, 0.5) is 0 Å². The number of aliphatic hydroxyl groups is 3. The molecule has 8 heteroatoms. The Hall–Kier alpha value is -2.03. The van der Waals surface area contributed by atoms with Gasteiger partial charge in [0.05, 0.1) is 12.2 Å². The fourth-order valence-corrected chi connectivity index (χ4v) is 9.18. The molecule has 0 bridgehead atoms. The van der Waals surface area contributed by atoms with Crippen molar-refractivity contribution in [3.8, 4) is 0 Å². The fraction of sp³-hybridized carbons (Fsp3) is 0.806. The van der Waals surface area contributed by atoms with Gasteiger partial charge < -0.3 is 24.8 Å². The summed E-state index contributed by atoms with van der Waals surface area (Å²) in [5.41, 5.74) is -4.71. The van der Waals surface area contributed by atoms with Crippen LogP contribution in [0.25, 0.3) is 0 Å². The van der Waals surface area contributed by atoms with E-state index in [1.54, 1.807) is 26.0 Å². The SMILES string of the molecule is CCCCCCCCCCCCCC(=O)O[C@@]12[C@H](OC(C)=O)[C@@H](C)[C@@]3(O)[C@@H](C=C(CO)C[C@@]4(O)C(=O)C(C)=C[C@@H]34)[C@@H]1C2(C)C.